The van der Waals surface area contributed by atoms with Gasteiger partial charge in [-0.3, -0.25) is 9.69 Å². The Bertz CT molecular complexity index is 929. The number of nitrogens with zero attached hydrogens (tertiary/aromatic N) is 2. The molecule has 3 atom stereocenters. The quantitative estimate of drug-likeness (QED) is 0.581. The third kappa shape index (κ3) is 6.84. The van der Waals surface area contributed by atoms with Crippen LogP contribution in [-0.4, -0.2) is 62.8 Å². The normalized spacial score (nSPS) is 24.8. The number of morpholine rings is 1. The van der Waals surface area contributed by atoms with Crippen LogP contribution in [0.5, 0.6) is 0 Å². The highest BCUT2D eigenvalue weighted by molar-refractivity contribution is 5.75. The highest BCUT2D eigenvalue weighted by Crippen LogP contribution is 2.31. The van der Waals surface area contributed by atoms with Crippen LogP contribution in [0, 0.1) is 11.8 Å². The molecule has 0 saturated carbocycles. The van der Waals surface area contributed by atoms with Gasteiger partial charge < -0.3 is 20.3 Å². The third-order valence-electron chi connectivity index (χ3n) is 7.85. The van der Waals surface area contributed by atoms with Crippen LogP contribution in [0.2, 0.25) is 0 Å². The molecule has 0 spiro atoms. The second kappa shape index (κ2) is 12.0. The van der Waals surface area contributed by atoms with E-state index in [9.17, 15) is 4.79 Å². The van der Waals surface area contributed by atoms with E-state index in [1.54, 1.807) is 0 Å². The van der Waals surface area contributed by atoms with Crippen LogP contribution in [0.3, 0.4) is 0 Å². The Kier molecular flexibility index (Phi) is 8.34. The number of carbonyl (C=O) groups excluding carboxylic acids is 1. The molecular formula is C29H40N4O2. The third-order valence-corrected chi connectivity index (χ3v) is 7.85. The van der Waals surface area contributed by atoms with Crippen molar-refractivity contribution in [3.05, 3.63) is 65.7 Å². The van der Waals surface area contributed by atoms with Crippen LogP contribution in [0.1, 0.15) is 36.8 Å². The van der Waals surface area contributed by atoms with E-state index in [-0.39, 0.29) is 5.91 Å². The number of likely N-dealkylation sites (tertiary alicyclic amines) is 1. The molecule has 3 fully saturated rings. The summed E-state index contributed by atoms with van der Waals surface area (Å²) >= 11 is 0. The summed E-state index contributed by atoms with van der Waals surface area (Å²) in [5, 5.41) is 6.91. The molecule has 0 aliphatic carbocycles. The first kappa shape index (κ1) is 24.3. The van der Waals surface area contributed by atoms with E-state index in [0.717, 1.165) is 70.3 Å². The van der Waals surface area contributed by atoms with E-state index in [4.69, 9.17) is 4.74 Å². The Hall–Kier alpha value is -2.41. The highest BCUT2D eigenvalue weighted by Gasteiger charge is 2.36. The van der Waals surface area contributed by atoms with E-state index in [1.807, 2.05) is 0 Å². The lowest BCUT2D eigenvalue weighted by Crippen LogP contribution is -2.55. The van der Waals surface area contributed by atoms with Gasteiger partial charge in [0.25, 0.3) is 0 Å². The lowest BCUT2D eigenvalue weighted by atomic mass is 9.79. The highest BCUT2D eigenvalue weighted by atomic mass is 16.5. The first-order chi connectivity index (χ1) is 17.2. The van der Waals surface area contributed by atoms with Gasteiger partial charge in [-0.1, -0.05) is 42.5 Å². The summed E-state index contributed by atoms with van der Waals surface area (Å²) in [6, 6.07) is 19.9. The number of nitrogens with one attached hydrogen (secondary N) is 2. The predicted octanol–water partition coefficient (Wildman–Crippen LogP) is 3.42. The average Bonchev–Trinajstić information content (AvgIpc) is 2.90. The predicted molar refractivity (Wildman–Crippen MR) is 140 cm³/mol. The van der Waals surface area contributed by atoms with Gasteiger partial charge >= 0.3 is 0 Å². The second-order valence-corrected chi connectivity index (χ2v) is 10.5. The van der Waals surface area contributed by atoms with E-state index < -0.39 is 0 Å². The summed E-state index contributed by atoms with van der Waals surface area (Å²) in [4.78, 5) is 17.5. The van der Waals surface area contributed by atoms with Gasteiger partial charge in [-0.2, -0.15) is 0 Å². The number of piperidine rings is 2. The topological polar surface area (TPSA) is 56.8 Å². The zero-order valence-electron chi connectivity index (χ0n) is 20.8. The first-order valence-corrected chi connectivity index (χ1v) is 13.4. The maximum Gasteiger partial charge on any atom is 0.220 e. The number of hydrogen-bond donors (Lipinski definition) is 2. The smallest absolute Gasteiger partial charge is 0.220 e. The summed E-state index contributed by atoms with van der Waals surface area (Å²) < 4.78 is 5.43. The molecule has 0 radical (unpaired) electrons. The lowest BCUT2D eigenvalue weighted by Gasteiger charge is -2.46. The maximum atomic E-state index is 12.5. The minimum atomic E-state index is 0.158. The molecule has 3 saturated heterocycles. The van der Waals surface area contributed by atoms with E-state index >= 15 is 0 Å². The molecular weight excluding hydrogens is 436 g/mol. The molecule has 0 aromatic heterocycles. The number of amides is 1. The van der Waals surface area contributed by atoms with Crippen LogP contribution in [0.4, 0.5) is 5.69 Å². The maximum absolute atomic E-state index is 12.5. The van der Waals surface area contributed by atoms with Crippen LogP contribution >= 0.6 is 0 Å². The Balaban J connectivity index is 1.02. The number of rotatable bonds is 9. The molecule has 0 unspecified atom stereocenters. The standard InChI is InChI=1S/C29H40N4O2/c34-29(31-18-23-9-11-27(12-10-23)33-13-15-35-16-14-33)8-4-7-28-26-17-25(19-30-28)21-32(22-26)20-24-5-2-1-3-6-24/h1-3,5-6,9-12,25-26,28,30H,4,7-8,13-22H2,(H,31,34)/t25-,26-,28+/m0/s1. The Labute approximate surface area is 210 Å². The molecule has 6 heteroatoms. The van der Waals surface area contributed by atoms with Crippen molar-refractivity contribution in [2.24, 2.45) is 11.8 Å². The fourth-order valence-electron chi connectivity index (χ4n) is 6.00. The fraction of sp³-hybridized carbons (Fsp3) is 0.552. The molecule has 2 bridgehead atoms. The monoisotopic (exact) mass is 476 g/mol. The van der Waals surface area contributed by atoms with Crippen molar-refractivity contribution in [2.45, 2.75) is 44.8 Å². The molecule has 35 heavy (non-hydrogen) atoms. The van der Waals surface area contributed by atoms with Crippen molar-refractivity contribution in [2.75, 3.05) is 50.8 Å². The molecule has 2 N–H and O–H groups in total. The number of benzene rings is 2. The van der Waals surface area contributed by atoms with Crippen molar-refractivity contribution in [1.29, 1.82) is 0 Å². The number of fused-ring (bicyclic) bond motifs is 2. The minimum absolute atomic E-state index is 0.158. The van der Waals surface area contributed by atoms with Crippen molar-refractivity contribution in [3.63, 3.8) is 0 Å². The van der Waals surface area contributed by atoms with Crippen molar-refractivity contribution < 1.29 is 9.53 Å². The average molecular weight is 477 g/mol. The SMILES string of the molecule is O=C(CCC[C@H]1NC[C@@H]2C[C@H]1CN(Cc1ccccc1)C2)NCc1ccc(N2CCOCC2)cc1. The van der Waals surface area contributed by atoms with Crippen molar-refractivity contribution in [3.8, 4) is 0 Å². The van der Waals surface area contributed by atoms with Crippen LogP contribution < -0.4 is 15.5 Å². The molecule has 2 aromatic rings. The molecule has 3 aliphatic rings. The first-order valence-electron chi connectivity index (χ1n) is 13.4. The van der Waals surface area contributed by atoms with Gasteiger partial charge in [0.05, 0.1) is 13.2 Å². The van der Waals surface area contributed by atoms with Gasteiger partial charge in [0.2, 0.25) is 5.91 Å². The van der Waals surface area contributed by atoms with Crippen LogP contribution in [-0.2, 0) is 22.6 Å². The van der Waals surface area contributed by atoms with Gasteiger partial charge in [-0.05, 0) is 60.9 Å². The van der Waals surface area contributed by atoms with Gasteiger partial charge in [0.1, 0.15) is 0 Å². The number of ether oxygens (including phenoxy) is 1. The minimum Gasteiger partial charge on any atom is -0.378 e. The molecule has 3 aliphatic heterocycles. The molecule has 188 valence electrons. The van der Waals surface area contributed by atoms with E-state index in [0.29, 0.717) is 24.9 Å². The van der Waals surface area contributed by atoms with Crippen molar-refractivity contribution in [1.82, 2.24) is 15.5 Å². The van der Waals surface area contributed by atoms with Crippen molar-refractivity contribution >= 4 is 11.6 Å². The van der Waals surface area contributed by atoms with E-state index in [2.05, 4.69) is 75.0 Å². The number of carbonyl (C=O) groups is 1. The molecule has 2 aromatic carbocycles. The molecule has 5 rings (SSSR count). The Morgan fingerprint density at radius 2 is 1.80 bits per heavy atom. The summed E-state index contributed by atoms with van der Waals surface area (Å²) in [6.07, 6.45) is 3.96. The summed E-state index contributed by atoms with van der Waals surface area (Å²) in [5.41, 5.74) is 3.79. The zero-order valence-corrected chi connectivity index (χ0v) is 20.8. The molecule has 1 amide bonds. The van der Waals surface area contributed by atoms with Gasteiger partial charge in [-0.15, -0.1) is 0 Å². The van der Waals surface area contributed by atoms with Crippen LogP contribution in [0.15, 0.2) is 54.6 Å². The summed E-state index contributed by atoms with van der Waals surface area (Å²) in [7, 11) is 0. The van der Waals surface area contributed by atoms with Gasteiger partial charge in [0, 0.05) is 57.4 Å². The second-order valence-electron chi connectivity index (χ2n) is 10.5. The van der Waals surface area contributed by atoms with E-state index in [1.165, 1.54) is 24.2 Å². The summed E-state index contributed by atoms with van der Waals surface area (Å²) in [5.74, 6) is 1.61. The summed E-state index contributed by atoms with van der Waals surface area (Å²) in [6.45, 7) is 8.59. The Morgan fingerprint density at radius 3 is 2.60 bits per heavy atom. The largest absolute Gasteiger partial charge is 0.378 e. The fourth-order valence-corrected chi connectivity index (χ4v) is 6.00. The molecule has 6 nitrogen and oxygen atoms in total. The number of anilines is 1. The zero-order chi connectivity index (χ0) is 23.9. The Morgan fingerprint density at radius 1 is 1.00 bits per heavy atom. The van der Waals surface area contributed by atoms with Gasteiger partial charge in [0.15, 0.2) is 0 Å². The lowest BCUT2D eigenvalue weighted by molar-refractivity contribution is -0.121. The van der Waals surface area contributed by atoms with Crippen LogP contribution in [0.25, 0.3) is 0 Å². The van der Waals surface area contributed by atoms with Gasteiger partial charge in [-0.25, -0.2) is 0 Å². The molecule has 3 heterocycles. The number of hydrogen-bond acceptors (Lipinski definition) is 5.